The van der Waals surface area contributed by atoms with Crippen LogP contribution in [0.3, 0.4) is 0 Å². The minimum Gasteiger partial charge on any atom is -0.493 e. The van der Waals surface area contributed by atoms with Crippen LogP contribution in [0.2, 0.25) is 0 Å². The smallest absolute Gasteiger partial charge is 0.227 e. The molecule has 0 unspecified atom stereocenters. The Morgan fingerprint density at radius 1 is 0.583 bits per heavy atom. The van der Waals surface area contributed by atoms with Gasteiger partial charge in [0.25, 0.3) is 0 Å². The van der Waals surface area contributed by atoms with Crippen LogP contribution in [-0.4, -0.2) is 119 Å². The van der Waals surface area contributed by atoms with Crippen molar-refractivity contribution in [3.05, 3.63) is 133 Å². The highest BCUT2D eigenvalue weighted by atomic mass is 16.5. The normalized spacial score (nSPS) is 17.3. The number of nitrogens with one attached hydrogen (secondary N) is 2. The van der Waals surface area contributed by atoms with Gasteiger partial charge in [-0.2, -0.15) is 0 Å². The monoisotopic (exact) mass is 979 g/mol. The molecule has 16 nitrogen and oxygen atoms in total. The molecular weight excluding hydrogens is 909 g/mol. The number of benzene rings is 2. The number of pyridine rings is 2. The SMILES string of the molecule is C1=C\COCc2cc(ccc2OCCCN2CCCC2)Nc2nccc(n2)-c2ccnc(c2)OCC/1.Cc1cnc2nc1-c1ccnc(c1)OCC/C=C/COCc1cc(ccc1OCCN1CCCC1)N2.[HH].[HH]. The van der Waals surface area contributed by atoms with Crippen LogP contribution in [0.4, 0.5) is 23.3 Å². The van der Waals surface area contributed by atoms with Gasteiger partial charge in [0.2, 0.25) is 23.7 Å². The number of anilines is 4. The third-order valence-corrected chi connectivity index (χ3v) is 12.6. The molecule has 0 radical (unpaired) electrons. The van der Waals surface area contributed by atoms with E-state index < -0.39 is 0 Å². The fraction of sp³-hybridized carbons (Fsp3) is 0.393. The maximum atomic E-state index is 6.18. The maximum absolute atomic E-state index is 6.18. The van der Waals surface area contributed by atoms with E-state index in [2.05, 4.69) is 64.7 Å². The molecule has 6 aromatic rings. The molecule has 2 fully saturated rings. The largest absolute Gasteiger partial charge is 0.493 e. The Hall–Kier alpha value is -6.98. The van der Waals surface area contributed by atoms with Gasteiger partial charge in [0.1, 0.15) is 18.1 Å². The Balaban J connectivity index is 0.000000211. The zero-order valence-corrected chi connectivity index (χ0v) is 41.3. The average molecular weight is 979 g/mol. The molecule has 380 valence electrons. The molecular formula is C56H70N10O6. The quantitative estimate of drug-likeness (QED) is 0.104. The van der Waals surface area contributed by atoms with Crippen LogP contribution in [0.15, 0.2) is 116 Å². The number of hydrogen-bond donors (Lipinski definition) is 2. The summed E-state index contributed by atoms with van der Waals surface area (Å²) >= 11 is 0. The Bertz CT molecular complexity index is 2740. The van der Waals surface area contributed by atoms with Crippen LogP contribution >= 0.6 is 0 Å². The number of fused-ring (bicyclic) bond motifs is 14. The standard InChI is InChI=1S/2C28H33N5O3.2H2/c1-21-19-30-28-31-24-7-8-25(35-16-13-33-11-3-4-12-33)23(17-24)20-34-14-5-2-6-15-36-26-18-22(9-10-29-26)27(21)32-28;1-4-16-34-21-23-19-24(7-8-26(23)35-18-6-15-33-13-2-3-14-33)31-28-30-12-10-25(32-28)22-9-11-29-27(20-22)36-17-5-1;;/h2,5,7-10,17-19H,3-4,6,11-16,20H2,1H3,(H,30,31,32);1,4,7-12,19-20H,2-3,5-6,13-18,21H2,(H,30,31,32);2*1H/b5-2+;4-1-;;. The second kappa shape index (κ2) is 26.5. The minimum atomic E-state index is 0. The highest BCUT2D eigenvalue weighted by Crippen LogP contribution is 2.30. The van der Waals surface area contributed by atoms with Gasteiger partial charge in [-0.1, -0.05) is 24.3 Å². The molecule has 0 atom stereocenters. The first kappa shape index (κ1) is 50.0. The summed E-state index contributed by atoms with van der Waals surface area (Å²) < 4.78 is 35.9. The van der Waals surface area contributed by atoms with Crippen molar-refractivity contribution in [1.82, 2.24) is 39.7 Å². The summed E-state index contributed by atoms with van der Waals surface area (Å²) in [5, 5.41) is 6.68. The number of hydrogen-bond acceptors (Lipinski definition) is 16. The first-order valence-corrected chi connectivity index (χ1v) is 25.4. The van der Waals surface area contributed by atoms with Gasteiger partial charge < -0.3 is 44.0 Å². The van der Waals surface area contributed by atoms with Crippen LogP contribution < -0.4 is 29.6 Å². The molecule has 0 amide bonds. The lowest BCUT2D eigenvalue weighted by atomic mass is 10.1. The maximum Gasteiger partial charge on any atom is 0.227 e. The fourth-order valence-corrected chi connectivity index (χ4v) is 8.81. The van der Waals surface area contributed by atoms with Crippen LogP contribution in [-0.2, 0) is 22.7 Å². The third kappa shape index (κ3) is 15.0. The van der Waals surface area contributed by atoms with Crippen LogP contribution in [0.5, 0.6) is 23.3 Å². The predicted molar refractivity (Wildman–Crippen MR) is 284 cm³/mol. The molecule has 10 rings (SSSR count). The lowest BCUT2D eigenvalue weighted by Crippen LogP contribution is -2.25. The number of likely N-dealkylation sites (tertiary alicyclic amines) is 2. The van der Waals surface area contributed by atoms with E-state index in [-0.39, 0.29) is 2.85 Å². The highest BCUT2D eigenvalue weighted by molar-refractivity contribution is 5.67. The number of nitrogens with zero attached hydrogens (tertiary/aromatic N) is 8. The third-order valence-electron chi connectivity index (χ3n) is 12.6. The first-order valence-electron chi connectivity index (χ1n) is 25.4. The van der Waals surface area contributed by atoms with Gasteiger partial charge in [-0.3, -0.25) is 4.90 Å². The number of ether oxygens (including phenoxy) is 6. The van der Waals surface area contributed by atoms with Gasteiger partial charge >= 0.3 is 0 Å². The van der Waals surface area contributed by atoms with E-state index in [9.17, 15) is 0 Å². The summed E-state index contributed by atoms with van der Waals surface area (Å²) in [4.78, 5) is 32.0. The minimum absolute atomic E-state index is 0. The van der Waals surface area contributed by atoms with Gasteiger partial charge in [0, 0.05) is 86.5 Å². The van der Waals surface area contributed by atoms with Crippen LogP contribution in [0.25, 0.3) is 22.5 Å². The zero-order chi connectivity index (χ0) is 49.0. The molecule has 72 heavy (non-hydrogen) atoms. The molecule has 4 aliphatic rings. The first-order chi connectivity index (χ1) is 35.6. The molecule has 16 heteroatoms. The van der Waals surface area contributed by atoms with Crippen molar-refractivity contribution >= 4 is 23.3 Å². The van der Waals surface area contributed by atoms with E-state index in [1.165, 1.54) is 51.9 Å². The summed E-state index contributed by atoms with van der Waals surface area (Å²) in [6.45, 7) is 13.2. The predicted octanol–water partition coefficient (Wildman–Crippen LogP) is 10.4. The molecule has 12 bridgehead atoms. The lowest BCUT2D eigenvalue weighted by Gasteiger charge is -2.17. The zero-order valence-electron chi connectivity index (χ0n) is 41.3. The van der Waals surface area contributed by atoms with E-state index in [1.54, 1.807) is 18.6 Å². The Labute approximate surface area is 425 Å². The molecule has 0 aliphatic carbocycles. The van der Waals surface area contributed by atoms with Crippen LogP contribution in [0, 0.1) is 6.92 Å². The highest BCUT2D eigenvalue weighted by Gasteiger charge is 2.16. The van der Waals surface area contributed by atoms with Crippen molar-refractivity contribution in [3.63, 3.8) is 0 Å². The summed E-state index contributed by atoms with van der Waals surface area (Å²) in [6, 6.07) is 21.6. The number of rotatable bonds is 9. The fourth-order valence-electron chi connectivity index (χ4n) is 8.81. The summed E-state index contributed by atoms with van der Waals surface area (Å²) in [7, 11) is 0. The molecule has 8 heterocycles. The molecule has 2 aromatic carbocycles. The van der Waals surface area contributed by atoms with E-state index >= 15 is 0 Å². The number of aromatic nitrogens is 6. The van der Waals surface area contributed by atoms with Crippen molar-refractivity contribution in [2.75, 3.05) is 89.5 Å². The van der Waals surface area contributed by atoms with E-state index in [4.69, 9.17) is 38.4 Å². The molecule has 4 aromatic heterocycles. The van der Waals surface area contributed by atoms with Gasteiger partial charge in [0.15, 0.2) is 0 Å². The topological polar surface area (TPSA) is 163 Å². The molecule has 2 N–H and O–H groups in total. The molecule has 2 saturated heterocycles. The lowest BCUT2D eigenvalue weighted by molar-refractivity contribution is 0.144. The molecule has 0 saturated carbocycles. The Morgan fingerprint density at radius 2 is 1.15 bits per heavy atom. The van der Waals surface area contributed by atoms with Gasteiger partial charge in [-0.15, -0.1) is 0 Å². The van der Waals surface area contributed by atoms with E-state index in [1.807, 2.05) is 79.9 Å². The summed E-state index contributed by atoms with van der Waals surface area (Å²) in [6.07, 6.45) is 23.0. The molecule has 0 spiro atoms. The van der Waals surface area contributed by atoms with Crippen molar-refractivity contribution in [3.8, 4) is 45.8 Å². The second-order valence-corrected chi connectivity index (χ2v) is 18.0. The van der Waals surface area contributed by atoms with Crippen molar-refractivity contribution in [1.29, 1.82) is 0 Å². The summed E-state index contributed by atoms with van der Waals surface area (Å²) in [5.41, 5.74) is 8.22. The van der Waals surface area contributed by atoms with Crippen LogP contribution in [0.1, 0.15) is 64.5 Å². The summed E-state index contributed by atoms with van der Waals surface area (Å²) in [5.74, 6) is 3.90. The Morgan fingerprint density at radius 3 is 1.81 bits per heavy atom. The van der Waals surface area contributed by atoms with E-state index in [0.29, 0.717) is 76.5 Å². The van der Waals surface area contributed by atoms with E-state index in [0.717, 1.165) is 94.4 Å². The molecule has 4 aliphatic heterocycles. The Kier molecular flexibility index (Phi) is 18.4. The van der Waals surface area contributed by atoms with Gasteiger partial charge in [0.05, 0.1) is 57.6 Å². The average Bonchev–Trinajstić information content (AvgIpc) is 4.14. The number of aryl methyl sites for hydroxylation is 1. The van der Waals surface area contributed by atoms with Gasteiger partial charge in [-0.05, 0) is 138 Å². The van der Waals surface area contributed by atoms with Crippen molar-refractivity contribution < 1.29 is 31.3 Å². The van der Waals surface area contributed by atoms with Crippen molar-refractivity contribution in [2.24, 2.45) is 0 Å². The van der Waals surface area contributed by atoms with Crippen molar-refractivity contribution in [2.45, 2.75) is 65.1 Å². The second-order valence-electron chi connectivity index (χ2n) is 18.0. The van der Waals surface area contributed by atoms with Gasteiger partial charge in [-0.25, -0.2) is 29.9 Å².